The maximum Gasteiger partial charge on any atom is 0.412 e. The number of nitrogens with one attached hydrogen (secondary N) is 1. The summed E-state index contributed by atoms with van der Waals surface area (Å²) in [5, 5.41) is 2.58. The Kier molecular flexibility index (Phi) is 5.26. The quantitative estimate of drug-likeness (QED) is 0.825. The van der Waals surface area contributed by atoms with Gasteiger partial charge in [-0.25, -0.2) is 15.1 Å². The second-order valence-electron chi connectivity index (χ2n) is 5.05. The Morgan fingerprint density at radius 1 is 1.42 bits per heavy atom. The molecule has 1 aromatic rings. The van der Waals surface area contributed by atoms with Gasteiger partial charge in [0.25, 0.3) is 0 Å². The van der Waals surface area contributed by atoms with Gasteiger partial charge in [-0.15, -0.1) is 0 Å². The zero-order valence-electron chi connectivity index (χ0n) is 11.3. The van der Waals surface area contributed by atoms with E-state index < -0.39 is 11.7 Å². The van der Waals surface area contributed by atoms with E-state index in [1.165, 1.54) is 18.2 Å². The van der Waals surface area contributed by atoms with E-state index in [0.717, 1.165) is 0 Å². The minimum atomic E-state index is -0.593. The lowest BCUT2D eigenvalue weighted by Gasteiger charge is -2.20. The van der Waals surface area contributed by atoms with Gasteiger partial charge >= 0.3 is 6.09 Å². The van der Waals surface area contributed by atoms with Crippen LogP contribution in [-0.4, -0.2) is 18.3 Å². The van der Waals surface area contributed by atoms with Gasteiger partial charge in [0.15, 0.2) is 0 Å². The van der Waals surface area contributed by atoms with Crippen molar-refractivity contribution in [2.24, 2.45) is 5.90 Å². The average Bonchev–Trinajstić information content (AvgIpc) is 2.27. The number of carbonyl (C=O) groups excluding carboxylic acids is 1. The first-order chi connectivity index (χ1) is 8.81. The number of carbonyl (C=O) groups is 1. The molecule has 0 saturated heterocycles. The second kappa shape index (κ2) is 6.49. The third-order valence-corrected chi connectivity index (χ3v) is 2.19. The SMILES string of the molecule is CC(C)(C)OC(=O)Nc1ccc(F)cc1CCON. The van der Waals surface area contributed by atoms with Gasteiger partial charge in [-0.05, 0) is 51.0 Å². The van der Waals surface area contributed by atoms with E-state index in [2.05, 4.69) is 10.2 Å². The van der Waals surface area contributed by atoms with Crippen molar-refractivity contribution in [1.82, 2.24) is 0 Å². The summed E-state index contributed by atoms with van der Waals surface area (Å²) < 4.78 is 18.3. The highest BCUT2D eigenvalue weighted by Crippen LogP contribution is 2.19. The molecule has 0 bridgehead atoms. The second-order valence-corrected chi connectivity index (χ2v) is 5.05. The molecule has 0 aliphatic heterocycles. The topological polar surface area (TPSA) is 73.6 Å². The molecule has 3 N–H and O–H groups in total. The molecule has 0 spiro atoms. The van der Waals surface area contributed by atoms with Crippen LogP contribution < -0.4 is 11.2 Å². The summed E-state index contributed by atoms with van der Waals surface area (Å²) in [6.07, 6.45) is -0.201. The number of nitrogens with two attached hydrogens (primary N) is 1. The van der Waals surface area contributed by atoms with Crippen LogP contribution >= 0.6 is 0 Å². The molecule has 106 valence electrons. The number of amides is 1. The zero-order chi connectivity index (χ0) is 14.5. The standard InChI is InChI=1S/C13H19FN2O3/c1-13(2,3)19-12(17)16-11-5-4-10(14)8-9(11)6-7-18-15/h4-5,8H,6-7,15H2,1-3H3,(H,16,17). The largest absolute Gasteiger partial charge is 0.444 e. The summed E-state index contributed by atoms with van der Waals surface area (Å²) in [6.45, 7) is 5.52. The summed E-state index contributed by atoms with van der Waals surface area (Å²) in [5.41, 5.74) is 0.481. The van der Waals surface area contributed by atoms with Crippen molar-refractivity contribution >= 4 is 11.8 Å². The third kappa shape index (κ3) is 5.67. The Bertz CT molecular complexity index is 444. The molecule has 0 fully saturated rings. The number of anilines is 1. The number of benzene rings is 1. The van der Waals surface area contributed by atoms with Crippen molar-refractivity contribution in [2.45, 2.75) is 32.8 Å². The third-order valence-electron chi connectivity index (χ3n) is 2.19. The lowest BCUT2D eigenvalue weighted by molar-refractivity contribution is 0.0635. The van der Waals surface area contributed by atoms with Crippen molar-refractivity contribution in [3.8, 4) is 0 Å². The summed E-state index contributed by atoms with van der Waals surface area (Å²) >= 11 is 0. The smallest absolute Gasteiger partial charge is 0.412 e. The monoisotopic (exact) mass is 270 g/mol. The van der Waals surface area contributed by atoms with E-state index in [-0.39, 0.29) is 12.4 Å². The first-order valence-electron chi connectivity index (χ1n) is 5.92. The van der Waals surface area contributed by atoms with E-state index >= 15 is 0 Å². The molecular formula is C13H19FN2O3. The number of hydrogen-bond donors (Lipinski definition) is 2. The lowest BCUT2D eigenvalue weighted by Crippen LogP contribution is -2.27. The molecule has 0 heterocycles. The molecule has 0 unspecified atom stereocenters. The molecule has 0 atom stereocenters. The van der Waals surface area contributed by atoms with E-state index in [4.69, 9.17) is 10.6 Å². The van der Waals surface area contributed by atoms with Gasteiger partial charge in [0.05, 0.1) is 6.61 Å². The predicted molar refractivity (Wildman–Crippen MR) is 70.1 cm³/mol. The van der Waals surface area contributed by atoms with Crippen molar-refractivity contribution in [1.29, 1.82) is 0 Å². The fourth-order valence-corrected chi connectivity index (χ4v) is 1.47. The van der Waals surface area contributed by atoms with Crippen LogP contribution in [-0.2, 0) is 16.0 Å². The van der Waals surface area contributed by atoms with Crippen molar-refractivity contribution in [2.75, 3.05) is 11.9 Å². The zero-order valence-corrected chi connectivity index (χ0v) is 11.3. The Hall–Kier alpha value is -1.66. The van der Waals surface area contributed by atoms with Gasteiger partial charge < -0.3 is 9.57 Å². The molecule has 0 aromatic heterocycles. The molecule has 1 amide bonds. The summed E-state index contributed by atoms with van der Waals surface area (Å²) in [5.74, 6) is 4.56. The molecule has 19 heavy (non-hydrogen) atoms. The normalized spacial score (nSPS) is 11.2. The van der Waals surface area contributed by atoms with Crippen molar-refractivity contribution < 1.29 is 18.8 Å². The maximum absolute atomic E-state index is 13.2. The van der Waals surface area contributed by atoms with Crippen LogP contribution in [0.5, 0.6) is 0 Å². The molecule has 1 aromatic carbocycles. The number of halogens is 1. The molecule has 5 nitrogen and oxygen atoms in total. The van der Waals surface area contributed by atoms with E-state index in [1.54, 1.807) is 20.8 Å². The lowest BCUT2D eigenvalue weighted by atomic mass is 10.1. The Morgan fingerprint density at radius 3 is 2.68 bits per heavy atom. The average molecular weight is 270 g/mol. The fourth-order valence-electron chi connectivity index (χ4n) is 1.47. The Balaban J connectivity index is 2.79. The fraction of sp³-hybridized carbons (Fsp3) is 0.462. The first kappa shape index (κ1) is 15.4. The van der Waals surface area contributed by atoms with E-state index in [0.29, 0.717) is 17.7 Å². The van der Waals surface area contributed by atoms with Gasteiger partial charge in [0, 0.05) is 5.69 Å². The van der Waals surface area contributed by atoms with Gasteiger partial charge in [-0.2, -0.15) is 0 Å². The highest BCUT2D eigenvalue weighted by molar-refractivity contribution is 5.85. The summed E-state index contributed by atoms with van der Waals surface area (Å²) in [7, 11) is 0. The molecule has 6 heteroatoms. The summed E-state index contributed by atoms with van der Waals surface area (Å²) in [4.78, 5) is 16.1. The van der Waals surface area contributed by atoms with Gasteiger partial charge in [0.1, 0.15) is 11.4 Å². The maximum atomic E-state index is 13.2. The van der Waals surface area contributed by atoms with Crippen LogP contribution in [0.1, 0.15) is 26.3 Å². The summed E-state index contributed by atoms with van der Waals surface area (Å²) in [6, 6.07) is 4.07. The van der Waals surface area contributed by atoms with E-state index in [9.17, 15) is 9.18 Å². The first-order valence-corrected chi connectivity index (χ1v) is 5.92. The molecule has 0 aliphatic rings. The van der Waals surface area contributed by atoms with Crippen LogP contribution in [0.3, 0.4) is 0 Å². The van der Waals surface area contributed by atoms with Gasteiger partial charge in [0.2, 0.25) is 0 Å². The molecule has 1 rings (SSSR count). The van der Waals surface area contributed by atoms with Crippen LogP contribution in [0, 0.1) is 5.82 Å². The number of hydrogen-bond acceptors (Lipinski definition) is 4. The minimum absolute atomic E-state index is 0.229. The van der Waals surface area contributed by atoms with Crippen molar-refractivity contribution in [3.05, 3.63) is 29.6 Å². The Morgan fingerprint density at radius 2 is 2.11 bits per heavy atom. The van der Waals surface area contributed by atoms with Crippen LogP contribution in [0.15, 0.2) is 18.2 Å². The molecule has 0 saturated carbocycles. The molecular weight excluding hydrogens is 251 g/mol. The van der Waals surface area contributed by atoms with Crippen LogP contribution in [0.4, 0.5) is 14.9 Å². The number of ether oxygens (including phenoxy) is 1. The predicted octanol–water partition coefficient (Wildman–Crippen LogP) is 2.61. The molecule has 0 aliphatic carbocycles. The Labute approximate surface area is 111 Å². The van der Waals surface area contributed by atoms with Crippen molar-refractivity contribution in [3.63, 3.8) is 0 Å². The number of rotatable bonds is 4. The highest BCUT2D eigenvalue weighted by Gasteiger charge is 2.17. The van der Waals surface area contributed by atoms with Crippen LogP contribution in [0.2, 0.25) is 0 Å². The highest BCUT2D eigenvalue weighted by atomic mass is 19.1. The molecule has 0 radical (unpaired) electrons. The van der Waals surface area contributed by atoms with Gasteiger partial charge in [-0.3, -0.25) is 5.32 Å². The van der Waals surface area contributed by atoms with Crippen LogP contribution in [0.25, 0.3) is 0 Å². The minimum Gasteiger partial charge on any atom is -0.444 e. The van der Waals surface area contributed by atoms with E-state index in [1.807, 2.05) is 0 Å². The van der Waals surface area contributed by atoms with Gasteiger partial charge in [-0.1, -0.05) is 0 Å².